The van der Waals surface area contributed by atoms with Gasteiger partial charge in [0.1, 0.15) is 6.54 Å². The Hall–Kier alpha value is -3.67. The van der Waals surface area contributed by atoms with Crippen molar-refractivity contribution in [1.29, 1.82) is 0 Å². The highest BCUT2D eigenvalue weighted by Crippen LogP contribution is 2.22. The van der Waals surface area contributed by atoms with Crippen LogP contribution in [0.15, 0.2) is 77.7 Å². The maximum Gasteiger partial charge on any atom is 0.280 e. The average molecular weight is 455 g/mol. The van der Waals surface area contributed by atoms with E-state index in [1.807, 2.05) is 35.2 Å². The number of piperidine rings is 1. The molecule has 174 valence electrons. The molecule has 34 heavy (non-hydrogen) atoms. The Labute approximate surface area is 199 Å². The number of hydrogen-bond acceptors (Lipinski definition) is 3. The van der Waals surface area contributed by atoms with Crippen LogP contribution in [0.4, 0.5) is 0 Å². The van der Waals surface area contributed by atoms with Crippen molar-refractivity contribution >= 4 is 16.9 Å². The maximum absolute atomic E-state index is 13.3. The van der Waals surface area contributed by atoms with Gasteiger partial charge in [0.15, 0.2) is 5.65 Å². The minimum Gasteiger partial charge on any atom is -0.341 e. The van der Waals surface area contributed by atoms with Crippen molar-refractivity contribution in [2.75, 3.05) is 13.1 Å². The van der Waals surface area contributed by atoms with Crippen LogP contribution in [-0.2, 0) is 24.2 Å². The van der Waals surface area contributed by atoms with E-state index in [-0.39, 0.29) is 18.0 Å². The molecule has 1 fully saturated rings. The Kier molecular flexibility index (Phi) is 6.30. The van der Waals surface area contributed by atoms with Crippen molar-refractivity contribution in [1.82, 2.24) is 19.2 Å². The predicted molar refractivity (Wildman–Crippen MR) is 134 cm³/mol. The van der Waals surface area contributed by atoms with Gasteiger partial charge in [0.05, 0.1) is 11.1 Å². The van der Waals surface area contributed by atoms with Crippen LogP contribution in [0.2, 0.25) is 0 Å². The molecule has 0 atom stereocenters. The third-order valence-corrected chi connectivity index (χ3v) is 6.90. The lowest BCUT2D eigenvalue weighted by Crippen LogP contribution is -2.41. The molecular weight excluding hydrogens is 424 g/mol. The summed E-state index contributed by atoms with van der Waals surface area (Å²) in [6, 6.07) is 22.0. The van der Waals surface area contributed by atoms with Gasteiger partial charge in [-0.3, -0.25) is 14.3 Å². The number of carbonyl (C=O) groups is 1. The molecule has 4 aromatic rings. The van der Waals surface area contributed by atoms with Gasteiger partial charge in [-0.15, -0.1) is 0 Å². The van der Waals surface area contributed by atoms with Crippen LogP contribution in [0, 0.1) is 5.92 Å². The molecule has 0 radical (unpaired) electrons. The van der Waals surface area contributed by atoms with Gasteiger partial charge >= 0.3 is 0 Å². The molecule has 0 saturated carbocycles. The molecule has 0 unspecified atom stereocenters. The number of hydrogen-bond donors (Lipinski definition) is 0. The molecule has 2 aromatic heterocycles. The molecule has 0 aliphatic carbocycles. The van der Waals surface area contributed by atoms with Crippen molar-refractivity contribution in [3.05, 3.63) is 94.4 Å². The predicted octanol–water partition coefficient (Wildman–Crippen LogP) is 4.23. The fourth-order valence-corrected chi connectivity index (χ4v) is 4.93. The SMILES string of the molecule is CCc1ccc(-n2c(=O)c3cccnc3n2CC(=O)N2CCC(Cc3ccccc3)CC2)cc1. The second-order valence-electron chi connectivity index (χ2n) is 9.08. The molecule has 1 aliphatic rings. The average Bonchev–Trinajstić information content (AvgIpc) is 3.16. The number of likely N-dealkylation sites (tertiary alicyclic amines) is 1. The molecule has 1 aliphatic heterocycles. The Morgan fingerprint density at radius 3 is 2.38 bits per heavy atom. The summed E-state index contributed by atoms with van der Waals surface area (Å²) in [7, 11) is 0. The summed E-state index contributed by atoms with van der Waals surface area (Å²) in [5.74, 6) is 0.621. The normalized spacial score (nSPS) is 14.6. The van der Waals surface area contributed by atoms with E-state index in [9.17, 15) is 9.59 Å². The van der Waals surface area contributed by atoms with E-state index < -0.39 is 0 Å². The van der Waals surface area contributed by atoms with Gasteiger partial charge in [-0.05, 0) is 67.0 Å². The van der Waals surface area contributed by atoms with Crippen molar-refractivity contribution in [3.63, 3.8) is 0 Å². The second kappa shape index (κ2) is 9.67. The Balaban J connectivity index is 1.36. The van der Waals surface area contributed by atoms with Crippen LogP contribution in [-0.4, -0.2) is 38.2 Å². The van der Waals surface area contributed by atoms with E-state index in [1.165, 1.54) is 11.1 Å². The summed E-state index contributed by atoms with van der Waals surface area (Å²) in [6.07, 6.45) is 5.65. The minimum atomic E-state index is -0.151. The van der Waals surface area contributed by atoms with E-state index in [1.54, 1.807) is 27.7 Å². The Morgan fingerprint density at radius 2 is 1.68 bits per heavy atom. The summed E-state index contributed by atoms with van der Waals surface area (Å²) in [5, 5.41) is 0.524. The number of aryl methyl sites for hydroxylation is 1. The molecule has 2 aromatic carbocycles. The molecule has 3 heterocycles. The summed E-state index contributed by atoms with van der Waals surface area (Å²) in [4.78, 5) is 33.0. The fourth-order valence-electron chi connectivity index (χ4n) is 4.93. The third kappa shape index (κ3) is 4.40. The highest BCUT2D eigenvalue weighted by Gasteiger charge is 2.25. The number of pyridine rings is 1. The number of carbonyl (C=O) groups excluding carboxylic acids is 1. The van der Waals surface area contributed by atoms with Crippen LogP contribution in [0.5, 0.6) is 0 Å². The molecule has 6 nitrogen and oxygen atoms in total. The summed E-state index contributed by atoms with van der Waals surface area (Å²) < 4.78 is 3.33. The number of nitrogens with zero attached hydrogens (tertiary/aromatic N) is 4. The highest BCUT2D eigenvalue weighted by molar-refractivity contribution is 5.80. The molecular formula is C28H30N4O2. The first-order valence-electron chi connectivity index (χ1n) is 12.1. The molecule has 1 amide bonds. The lowest BCUT2D eigenvalue weighted by atomic mass is 9.90. The molecule has 1 saturated heterocycles. The number of benzene rings is 2. The van der Waals surface area contributed by atoms with Crippen LogP contribution in [0.25, 0.3) is 16.7 Å². The lowest BCUT2D eigenvalue weighted by Gasteiger charge is -2.32. The Bertz CT molecular complexity index is 1330. The molecule has 5 rings (SSSR count). The zero-order chi connectivity index (χ0) is 23.5. The van der Waals surface area contributed by atoms with Gasteiger partial charge in [-0.2, -0.15) is 0 Å². The molecule has 0 N–H and O–H groups in total. The standard InChI is InChI=1S/C28H30N4O2/c1-2-21-10-12-24(13-11-21)32-28(34)25-9-6-16-29-27(25)31(32)20-26(33)30-17-14-23(15-18-30)19-22-7-4-3-5-8-22/h3-13,16,23H,2,14-15,17-20H2,1H3. The maximum atomic E-state index is 13.3. The first-order chi connectivity index (χ1) is 16.6. The first-order valence-corrected chi connectivity index (χ1v) is 12.1. The summed E-state index contributed by atoms with van der Waals surface area (Å²) in [6.45, 7) is 3.69. The van der Waals surface area contributed by atoms with Crippen LogP contribution >= 0.6 is 0 Å². The van der Waals surface area contributed by atoms with Crippen LogP contribution in [0.3, 0.4) is 0 Å². The lowest BCUT2D eigenvalue weighted by molar-refractivity contribution is -0.133. The van der Waals surface area contributed by atoms with E-state index >= 15 is 0 Å². The van der Waals surface area contributed by atoms with E-state index in [0.717, 1.165) is 44.5 Å². The van der Waals surface area contributed by atoms with Gasteiger partial charge in [0.2, 0.25) is 5.91 Å². The largest absolute Gasteiger partial charge is 0.341 e. The number of amides is 1. The fraction of sp³-hybridized carbons (Fsp3) is 0.321. The van der Waals surface area contributed by atoms with Crippen LogP contribution < -0.4 is 5.56 Å². The summed E-state index contributed by atoms with van der Waals surface area (Å²) in [5.41, 5.74) is 3.69. The smallest absolute Gasteiger partial charge is 0.280 e. The van der Waals surface area contributed by atoms with Gasteiger partial charge in [-0.1, -0.05) is 49.4 Å². The van der Waals surface area contributed by atoms with Crippen molar-refractivity contribution in [2.24, 2.45) is 5.92 Å². The zero-order valence-electron chi connectivity index (χ0n) is 19.6. The van der Waals surface area contributed by atoms with Crippen molar-refractivity contribution in [3.8, 4) is 5.69 Å². The molecule has 0 spiro atoms. The zero-order valence-corrected chi connectivity index (χ0v) is 19.6. The quantitative estimate of drug-likeness (QED) is 0.438. The second-order valence-corrected chi connectivity index (χ2v) is 9.08. The monoisotopic (exact) mass is 454 g/mol. The first kappa shape index (κ1) is 22.1. The number of rotatable bonds is 6. The van der Waals surface area contributed by atoms with E-state index in [4.69, 9.17) is 0 Å². The van der Waals surface area contributed by atoms with Gasteiger partial charge in [0.25, 0.3) is 5.56 Å². The van der Waals surface area contributed by atoms with Crippen molar-refractivity contribution < 1.29 is 4.79 Å². The van der Waals surface area contributed by atoms with Gasteiger partial charge in [-0.25, -0.2) is 9.67 Å². The highest BCUT2D eigenvalue weighted by atomic mass is 16.2. The van der Waals surface area contributed by atoms with Crippen LogP contribution in [0.1, 0.15) is 30.9 Å². The van der Waals surface area contributed by atoms with Gasteiger partial charge in [0, 0.05) is 19.3 Å². The number of aromatic nitrogens is 3. The number of fused-ring (bicyclic) bond motifs is 1. The topological polar surface area (TPSA) is 60.1 Å². The van der Waals surface area contributed by atoms with Crippen molar-refractivity contribution in [2.45, 2.75) is 39.2 Å². The Morgan fingerprint density at radius 1 is 0.941 bits per heavy atom. The van der Waals surface area contributed by atoms with E-state index in [0.29, 0.717) is 17.0 Å². The molecule has 0 bridgehead atoms. The third-order valence-electron chi connectivity index (χ3n) is 6.90. The van der Waals surface area contributed by atoms with E-state index in [2.05, 4.69) is 36.2 Å². The summed E-state index contributed by atoms with van der Waals surface area (Å²) >= 11 is 0. The minimum absolute atomic E-state index is 0.0274. The molecule has 6 heteroatoms. The van der Waals surface area contributed by atoms with Gasteiger partial charge < -0.3 is 4.90 Å².